The molecule has 4 nitrogen and oxygen atoms in total. The molecule has 200 valence electrons. The Morgan fingerprint density at radius 1 is 0.895 bits per heavy atom. The topological polar surface area (TPSA) is 49.4 Å². The zero-order chi connectivity index (χ0) is 26.7. The van der Waals surface area contributed by atoms with Crippen LogP contribution in [0.4, 0.5) is 0 Å². The van der Waals surface area contributed by atoms with E-state index in [4.69, 9.17) is 11.6 Å². The van der Waals surface area contributed by atoms with E-state index in [2.05, 4.69) is 21.2 Å². The molecule has 0 heterocycles. The first-order valence-electron chi connectivity index (χ1n) is 13.2. The molecule has 7 heteroatoms. The lowest BCUT2D eigenvalue weighted by atomic mass is 9.94. The number of carbonyl (C=O) groups is 2. The summed E-state index contributed by atoms with van der Waals surface area (Å²) in [4.78, 5) is 29.4. The van der Waals surface area contributed by atoms with Crippen LogP contribution in [0, 0.1) is 0 Å². The summed E-state index contributed by atoms with van der Waals surface area (Å²) in [6, 6.07) is 25.2. The Morgan fingerprint density at radius 3 is 2.24 bits per heavy atom. The molecule has 0 aromatic heterocycles. The molecule has 1 aliphatic carbocycles. The van der Waals surface area contributed by atoms with Crippen molar-refractivity contribution in [2.24, 2.45) is 0 Å². The van der Waals surface area contributed by atoms with Gasteiger partial charge in [-0.25, -0.2) is 0 Å². The van der Waals surface area contributed by atoms with Crippen LogP contribution in [0.25, 0.3) is 0 Å². The lowest BCUT2D eigenvalue weighted by Gasteiger charge is -2.33. The van der Waals surface area contributed by atoms with Crippen molar-refractivity contribution in [3.8, 4) is 0 Å². The Bertz CT molecular complexity index is 1170. The molecule has 0 saturated heterocycles. The van der Waals surface area contributed by atoms with E-state index in [1.54, 1.807) is 16.7 Å². The van der Waals surface area contributed by atoms with E-state index in [0.717, 1.165) is 46.8 Å². The summed E-state index contributed by atoms with van der Waals surface area (Å²) in [5, 5.41) is 3.99. The largest absolute Gasteiger partial charge is 0.352 e. The second-order valence-electron chi connectivity index (χ2n) is 9.82. The summed E-state index contributed by atoms with van der Waals surface area (Å²) >= 11 is 11.1. The monoisotopic (exact) mass is 612 g/mol. The van der Waals surface area contributed by atoms with Crippen molar-refractivity contribution in [2.45, 2.75) is 62.9 Å². The highest BCUT2D eigenvalue weighted by Gasteiger charge is 2.31. The second-order valence-corrected chi connectivity index (χ2v) is 12.2. The Balaban J connectivity index is 1.55. The molecule has 0 aliphatic heterocycles. The molecule has 1 N–H and O–H groups in total. The van der Waals surface area contributed by atoms with E-state index in [9.17, 15) is 9.59 Å². The Hall–Kier alpha value is -2.28. The van der Waals surface area contributed by atoms with E-state index in [1.807, 2.05) is 78.9 Å². The van der Waals surface area contributed by atoms with E-state index >= 15 is 0 Å². The minimum absolute atomic E-state index is 0.0355. The summed E-state index contributed by atoms with van der Waals surface area (Å²) in [7, 11) is 0. The van der Waals surface area contributed by atoms with Gasteiger partial charge in [0.15, 0.2) is 0 Å². The number of nitrogens with zero attached hydrogens (tertiary/aromatic N) is 1. The van der Waals surface area contributed by atoms with Gasteiger partial charge in [0.2, 0.25) is 11.8 Å². The molecule has 4 rings (SSSR count). The molecule has 1 atom stereocenters. The number of hydrogen-bond donors (Lipinski definition) is 1. The predicted molar refractivity (Wildman–Crippen MR) is 161 cm³/mol. The third-order valence-electron chi connectivity index (χ3n) is 6.90. The van der Waals surface area contributed by atoms with E-state index in [1.165, 1.54) is 6.42 Å². The predicted octanol–water partition coefficient (Wildman–Crippen LogP) is 7.42. The van der Waals surface area contributed by atoms with Gasteiger partial charge < -0.3 is 10.2 Å². The number of hydrogen-bond acceptors (Lipinski definition) is 3. The number of nitrogens with one attached hydrogen (secondary N) is 1. The molecule has 1 fully saturated rings. The highest BCUT2D eigenvalue weighted by molar-refractivity contribution is 9.10. The fraction of sp³-hybridized carbons (Fsp3) is 0.355. The van der Waals surface area contributed by atoms with Gasteiger partial charge in [0.25, 0.3) is 0 Å². The Labute approximate surface area is 243 Å². The van der Waals surface area contributed by atoms with Gasteiger partial charge in [0.05, 0.1) is 5.75 Å². The molecule has 38 heavy (non-hydrogen) atoms. The molecule has 0 spiro atoms. The lowest BCUT2D eigenvalue weighted by molar-refractivity contribution is -0.139. The van der Waals surface area contributed by atoms with Crippen LogP contribution in [0.15, 0.2) is 83.3 Å². The van der Waals surface area contributed by atoms with Crippen molar-refractivity contribution in [1.82, 2.24) is 10.2 Å². The molecular formula is C31H34BrClN2O2S. The van der Waals surface area contributed by atoms with Gasteiger partial charge in [0.1, 0.15) is 6.04 Å². The molecule has 1 aliphatic rings. The fourth-order valence-corrected chi connectivity index (χ4v) is 6.07. The average molecular weight is 614 g/mol. The van der Waals surface area contributed by atoms with Gasteiger partial charge in [-0.3, -0.25) is 9.59 Å². The molecule has 3 aromatic rings. The van der Waals surface area contributed by atoms with Gasteiger partial charge in [-0.2, -0.15) is 0 Å². The highest BCUT2D eigenvalue weighted by atomic mass is 79.9. The molecule has 1 unspecified atom stereocenters. The first kappa shape index (κ1) is 28.7. The van der Waals surface area contributed by atoms with Crippen molar-refractivity contribution in [1.29, 1.82) is 0 Å². The van der Waals surface area contributed by atoms with Crippen molar-refractivity contribution >= 4 is 51.1 Å². The molecule has 1 saturated carbocycles. The Morgan fingerprint density at radius 2 is 1.55 bits per heavy atom. The third-order valence-corrected chi connectivity index (χ3v) is 8.67. The molecule has 3 aromatic carbocycles. The van der Waals surface area contributed by atoms with Crippen molar-refractivity contribution in [3.63, 3.8) is 0 Å². The fourth-order valence-electron chi connectivity index (χ4n) is 4.80. The molecule has 2 amide bonds. The molecule has 0 bridgehead atoms. The average Bonchev–Trinajstić information content (AvgIpc) is 2.94. The number of amides is 2. The van der Waals surface area contributed by atoms with Gasteiger partial charge in [0, 0.05) is 34.3 Å². The van der Waals surface area contributed by atoms with Crippen LogP contribution in [0.3, 0.4) is 0 Å². The quantitative estimate of drug-likeness (QED) is 0.245. The standard InChI is InChI=1S/C31H34BrClN2O2S/c32-26-15-11-24(12-16-26)20-35(30(36)22-38-21-25-13-17-27(33)18-14-25)29(19-23-7-3-1-4-8-23)31(37)34-28-9-5-2-6-10-28/h1,3-4,7-8,11-18,28-29H,2,5-6,9-10,19-22H2,(H,34,37). The van der Waals surface area contributed by atoms with Crippen LogP contribution < -0.4 is 5.32 Å². The summed E-state index contributed by atoms with van der Waals surface area (Å²) in [6.07, 6.45) is 5.97. The zero-order valence-corrected chi connectivity index (χ0v) is 24.6. The summed E-state index contributed by atoms with van der Waals surface area (Å²) in [5.41, 5.74) is 3.15. The number of benzene rings is 3. The maximum absolute atomic E-state index is 13.8. The Kier molecular flexibility index (Phi) is 11.2. The van der Waals surface area contributed by atoms with Crippen LogP contribution in [-0.4, -0.2) is 34.6 Å². The van der Waals surface area contributed by atoms with Crippen molar-refractivity contribution < 1.29 is 9.59 Å². The van der Waals surface area contributed by atoms with Gasteiger partial charge >= 0.3 is 0 Å². The van der Waals surface area contributed by atoms with Crippen LogP contribution >= 0.6 is 39.3 Å². The second kappa shape index (κ2) is 14.8. The van der Waals surface area contributed by atoms with Gasteiger partial charge in [-0.15, -0.1) is 11.8 Å². The minimum Gasteiger partial charge on any atom is -0.352 e. The number of halogens is 2. The summed E-state index contributed by atoms with van der Waals surface area (Å²) in [6.45, 7) is 0.378. The van der Waals surface area contributed by atoms with E-state index < -0.39 is 6.04 Å². The first-order valence-corrected chi connectivity index (χ1v) is 15.5. The lowest BCUT2D eigenvalue weighted by Crippen LogP contribution is -2.53. The molecular weight excluding hydrogens is 580 g/mol. The van der Waals surface area contributed by atoms with Crippen LogP contribution in [0.1, 0.15) is 48.8 Å². The van der Waals surface area contributed by atoms with Crippen LogP contribution in [-0.2, 0) is 28.3 Å². The summed E-state index contributed by atoms with van der Waals surface area (Å²) in [5.74, 6) is 0.897. The van der Waals surface area contributed by atoms with Gasteiger partial charge in [-0.1, -0.05) is 101 Å². The zero-order valence-electron chi connectivity index (χ0n) is 21.5. The maximum Gasteiger partial charge on any atom is 0.243 e. The smallest absolute Gasteiger partial charge is 0.243 e. The van der Waals surface area contributed by atoms with Crippen LogP contribution in [0.5, 0.6) is 0 Å². The van der Waals surface area contributed by atoms with E-state index in [0.29, 0.717) is 29.5 Å². The van der Waals surface area contributed by atoms with E-state index in [-0.39, 0.29) is 17.9 Å². The van der Waals surface area contributed by atoms with Crippen molar-refractivity contribution in [2.75, 3.05) is 5.75 Å². The maximum atomic E-state index is 13.8. The SMILES string of the molecule is O=C(NC1CCCCC1)C(Cc1ccccc1)N(Cc1ccc(Br)cc1)C(=O)CSCc1ccc(Cl)cc1. The normalized spacial score (nSPS) is 14.6. The minimum atomic E-state index is -0.591. The first-order chi connectivity index (χ1) is 18.5. The number of carbonyl (C=O) groups excluding carboxylic acids is 2. The molecule has 0 radical (unpaired) electrons. The van der Waals surface area contributed by atoms with Crippen LogP contribution in [0.2, 0.25) is 5.02 Å². The van der Waals surface area contributed by atoms with Crippen molar-refractivity contribution in [3.05, 3.63) is 105 Å². The number of rotatable bonds is 11. The highest BCUT2D eigenvalue weighted by Crippen LogP contribution is 2.22. The number of thioether (sulfide) groups is 1. The summed E-state index contributed by atoms with van der Waals surface area (Å²) < 4.78 is 0.980. The van der Waals surface area contributed by atoms with Gasteiger partial charge in [-0.05, 0) is 53.8 Å². The third kappa shape index (κ3) is 8.89.